The molecule has 0 aliphatic carbocycles. The van der Waals surface area contributed by atoms with Gasteiger partial charge in [0.1, 0.15) is 0 Å². The van der Waals surface area contributed by atoms with Crippen molar-refractivity contribution >= 4 is 6.21 Å². The van der Waals surface area contributed by atoms with E-state index >= 15 is 0 Å². The van der Waals surface area contributed by atoms with Gasteiger partial charge in [-0.3, -0.25) is 0 Å². The smallest absolute Gasteiger partial charge is 0.0713 e. The normalized spacial score (nSPS) is 11.0. The van der Waals surface area contributed by atoms with E-state index < -0.39 is 0 Å². The Kier molecular flexibility index (Phi) is 1.78. The number of rotatable bonds is 2. The molecular formula is C9H9N3. The van der Waals surface area contributed by atoms with Gasteiger partial charge in [-0.2, -0.15) is 5.10 Å². The van der Waals surface area contributed by atoms with E-state index in [0.29, 0.717) is 0 Å². The highest BCUT2D eigenvalue weighted by molar-refractivity contribution is 5.76. The lowest BCUT2D eigenvalue weighted by Crippen LogP contribution is -1.85. The van der Waals surface area contributed by atoms with Crippen LogP contribution in [0.25, 0.3) is 0 Å². The molecule has 0 radical (unpaired) electrons. The molecule has 0 unspecified atom stereocenters. The maximum atomic E-state index is 4.17. The van der Waals surface area contributed by atoms with E-state index in [1.54, 1.807) is 10.9 Å². The van der Waals surface area contributed by atoms with Crippen molar-refractivity contribution in [3.05, 3.63) is 48.5 Å². The lowest BCUT2D eigenvalue weighted by molar-refractivity contribution is 0.894. The molecule has 0 aromatic carbocycles. The van der Waals surface area contributed by atoms with E-state index in [-0.39, 0.29) is 0 Å². The highest BCUT2D eigenvalue weighted by atomic mass is 15.3. The van der Waals surface area contributed by atoms with Crippen molar-refractivity contribution in [2.45, 2.75) is 0 Å². The predicted molar refractivity (Wildman–Crippen MR) is 48.2 cm³/mol. The van der Waals surface area contributed by atoms with Gasteiger partial charge in [0.05, 0.1) is 11.9 Å². The van der Waals surface area contributed by atoms with Crippen LogP contribution < -0.4 is 0 Å². The molecule has 3 heteroatoms. The Morgan fingerprint density at radius 3 is 2.75 bits per heavy atom. The summed E-state index contributed by atoms with van der Waals surface area (Å²) in [5.41, 5.74) is 1.00. The third kappa shape index (κ3) is 1.45. The summed E-state index contributed by atoms with van der Waals surface area (Å²) in [4.78, 5) is 3.04. The zero-order valence-electron chi connectivity index (χ0n) is 6.51. The first-order chi connectivity index (χ1) is 5.95. The van der Waals surface area contributed by atoms with E-state index in [9.17, 15) is 0 Å². The summed E-state index contributed by atoms with van der Waals surface area (Å²) < 4.78 is 1.75. The fourth-order valence-electron chi connectivity index (χ4n) is 0.956. The van der Waals surface area contributed by atoms with E-state index in [4.69, 9.17) is 0 Å². The number of hydrogen-bond acceptors (Lipinski definition) is 1. The summed E-state index contributed by atoms with van der Waals surface area (Å²) in [6.07, 6.45) is 7.43. The van der Waals surface area contributed by atoms with Crippen molar-refractivity contribution < 1.29 is 0 Å². The SMILES string of the molecule is C(=N\n1cccc1)/c1ccc[nH]1. The van der Waals surface area contributed by atoms with Gasteiger partial charge in [0, 0.05) is 18.6 Å². The molecule has 0 fully saturated rings. The van der Waals surface area contributed by atoms with Crippen LogP contribution in [-0.4, -0.2) is 15.9 Å². The van der Waals surface area contributed by atoms with Crippen LogP contribution in [0.3, 0.4) is 0 Å². The minimum atomic E-state index is 1.00. The molecule has 2 aromatic heterocycles. The van der Waals surface area contributed by atoms with Gasteiger partial charge in [-0.05, 0) is 24.3 Å². The third-order valence-electron chi connectivity index (χ3n) is 1.54. The van der Waals surface area contributed by atoms with Gasteiger partial charge >= 0.3 is 0 Å². The van der Waals surface area contributed by atoms with Gasteiger partial charge in [-0.15, -0.1) is 0 Å². The molecule has 2 rings (SSSR count). The quantitative estimate of drug-likeness (QED) is 0.647. The Morgan fingerprint density at radius 1 is 1.25 bits per heavy atom. The van der Waals surface area contributed by atoms with E-state index in [1.807, 2.05) is 42.9 Å². The monoisotopic (exact) mass is 159 g/mol. The summed E-state index contributed by atoms with van der Waals surface area (Å²) >= 11 is 0. The van der Waals surface area contributed by atoms with Crippen molar-refractivity contribution in [2.75, 3.05) is 0 Å². The molecule has 0 saturated heterocycles. The maximum Gasteiger partial charge on any atom is 0.0713 e. The first kappa shape index (κ1) is 6.91. The second-order valence-electron chi connectivity index (χ2n) is 2.43. The number of nitrogens with zero attached hydrogens (tertiary/aromatic N) is 2. The predicted octanol–water partition coefficient (Wildman–Crippen LogP) is 1.70. The Hall–Kier alpha value is -1.77. The van der Waals surface area contributed by atoms with Crippen molar-refractivity contribution in [3.63, 3.8) is 0 Å². The van der Waals surface area contributed by atoms with Crippen LogP contribution in [0.5, 0.6) is 0 Å². The van der Waals surface area contributed by atoms with Gasteiger partial charge in [-0.1, -0.05) is 0 Å². The van der Waals surface area contributed by atoms with Crippen LogP contribution in [0.1, 0.15) is 5.69 Å². The minimum absolute atomic E-state index is 1.00. The molecule has 0 saturated carbocycles. The Labute approximate surface area is 70.3 Å². The Balaban J connectivity index is 2.14. The van der Waals surface area contributed by atoms with Crippen LogP contribution in [0, 0.1) is 0 Å². The molecule has 12 heavy (non-hydrogen) atoms. The van der Waals surface area contributed by atoms with Crippen molar-refractivity contribution in [1.29, 1.82) is 0 Å². The number of aromatic nitrogens is 2. The maximum absolute atomic E-state index is 4.17. The lowest BCUT2D eigenvalue weighted by atomic mass is 10.5. The fourth-order valence-corrected chi connectivity index (χ4v) is 0.956. The van der Waals surface area contributed by atoms with Crippen LogP contribution in [0.2, 0.25) is 0 Å². The molecule has 0 atom stereocenters. The van der Waals surface area contributed by atoms with Gasteiger partial charge < -0.3 is 4.98 Å². The van der Waals surface area contributed by atoms with Crippen molar-refractivity contribution in [1.82, 2.24) is 9.66 Å². The highest BCUT2D eigenvalue weighted by Crippen LogP contribution is 1.92. The number of aromatic amines is 1. The Bertz CT molecular complexity index is 307. The van der Waals surface area contributed by atoms with Crippen LogP contribution in [0.4, 0.5) is 0 Å². The van der Waals surface area contributed by atoms with Crippen molar-refractivity contribution in [2.24, 2.45) is 5.10 Å². The van der Waals surface area contributed by atoms with Gasteiger partial charge in [0.25, 0.3) is 0 Å². The largest absolute Gasteiger partial charge is 0.360 e. The molecule has 2 aromatic rings. The molecular weight excluding hydrogens is 150 g/mol. The molecule has 3 nitrogen and oxygen atoms in total. The molecule has 2 heterocycles. The third-order valence-corrected chi connectivity index (χ3v) is 1.54. The number of hydrogen-bond donors (Lipinski definition) is 1. The topological polar surface area (TPSA) is 33.1 Å². The average Bonchev–Trinajstić information content (AvgIpc) is 2.74. The summed E-state index contributed by atoms with van der Waals surface area (Å²) in [6, 6.07) is 7.78. The molecule has 0 spiro atoms. The summed E-state index contributed by atoms with van der Waals surface area (Å²) in [7, 11) is 0. The molecule has 60 valence electrons. The second-order valence-corrected chi connectivity index (χ2v) is 2.43. The molecule has 0 aliphatic rings. The van der Waals surface area contributed by atoms with Crippen molar-refractivity contribution in [3.8, 4) is 0 Å². The summed E-state index contributed by atoms with van der Waals surface area (Å²) in [6.45, 7) is 0. The first-order valence-electron chi connectivity index (χ1n) is 3.76. The van der Waals surface area contributed by atoms with E-state index in [1.165, 1.54) is 0 Å². The van der Waals surface area contributed by atoms with Crippen LogP contribution >= 0.6 is 0 Å². The molecule has 0 bridgehead atoms. The Morgan fingerprint density at radius 2 is 2.08 bits per heavy atom. The molecule has 1 N–H and O–H groups in total. The standard InChI is InChI=1S/C9H9N3/c1-2-7-12(6-1)11-8-9-4-3-5-10-9/h1-8,10H/b11-8+. The van der Waals surface area contributed by atoms with Gasteiger partial charge in [-0.25, -0.2) is 4.68 Å². The highest BCUT2D eigenvalue weighted by Gasteiger charge is 1.84. The summed E-state index contributed by atoms with van der Waals surface area (Å²) in [5, 5.41) is 4.17. The van der Waals surface area contributed by atoms with Gasteiger partial charge in [0.15, 0.2) is 0 Å². The summed E-state index contributed by atoms with van der Waals surface area (Å²) in [5.74, 6) is 0. The van der Waals surface area contributed by atoms with E-state index in [0.717, 1.165) is 5.69 Å². The molecule has 0 amide bonds. The van der Waals surface area contributed by atoms with E-state index in [2.05, 4.69) is 10.1 Å². The zero-order chi connectivity index (χ0) is 8.23. The lowest BCUT2D eigenvalue weighted by Gasteiger charge is -1.89. The minimum Gasteiger partial charge on any atom is -0.360 e. The van der Waals surface area contributed by atoms with Crippen LogP contribution in [0.15, 0.2) is 48.0 Å². The van der Waals surface area contributed by atoms with Gasteiger partial charge in [0.2, 0.25) is 0 Å². The average molecular weight is 159 g/mol. The van der Waals surface area contributed by atoms with Crippen LogP contribution in [-0.2, 0) is 0 Å². The number of nitrogens with one attached hydrogen (secondary N) is 1. The first-order valence-corrected chi connectivity index (χ1v) is 3.76. The fraction of sp³-hybridized carbons (Fsp3) is 0. The zero-order valence-corrected chi connectivity index (χ0v) is 6.51. The second kappa shape index (κ2) is 3.09. The molecule has 0 aliphatic heterocycles. The number of H-pyrrole nitrogens is 1.